The first-order valence-electron chi connectivity index (χ1n) is 12.4. The molecule has 0 aliphatic carbocycles. The molecule has 35 heavy (non-hydrogen) atoms. The first-order valence-corrected chi connectivity index (χ1v) is 12.4. The smallest absolute Gasteiger partial charge is 0.162 e. The van der Waals surface area contributed by atoms with Crippen molar-refractivity contribution in [2.45, 2.75) is 84.2 Å². The predicted octanol–water partition coefficient (Wildman–Crippen LogP) is 8.18. The molecule has 6 rings (SSSR count). The van der Waals surface area contributed by atoms with E-state index in [0.29, 0.717) is 51.2 Å². The van der Waals surface area contributed by atoms with Crippen LogP contribution < -0.4 is 14.2 Å². The quantitative estimate of drug-likeness (QED) is 0.281. The van der Waals surface area contributed by atoms with Crippen LogP contribution in [0.1, 0.15) is 95.7 Å². The van der Waals surface area contributed by atoms with Crippen molar-refractivity contribution in [2.24, 2.45) is 0 Å². The first-order chi connectivity index (χ1) is 16.1. The van der Waals surface area contributed by atoms with Gasteiger partial charge in [-0.15, -0.1) is 0 Å². The number of hydrogen-bond donors (Lipinski definition) is 1. The van der Waals surface area contributed by atoms with E-state index in [1.54, 1.807) is 0 Å². The number of benzene rings is 3. The van der Waals surface area contributed by atoms with Gasteiger partial charge >= 0.3 is 0 Å². The Hall–Kier alpha value is -2.98. The number of hydrogen-bond acceptors (Lipinski definition) is 4. The fraction of sp³-hybridized carbons (Fsp3) is 0.419. The minimum Gasteiger partial charge on any atom is -0.456 e. The lowest BCUT2D eigenvalue weighted by molar-refractivity contribution is 0.0868. The monoisotopic (exact) mass is 470 g/mol. The van der Waals surface area contributed by atoms with Crippen LogP contribution in [0.4, 0.5) is 0 Å². The number of rotatable bonds is 0. The van der Waals surface area contributed by atoms with Crippen molar-refractivity contribution in [3.63, 3.8) is 0 Å². The van der Waals surface area contributed by atoms with Crippen molar-refractivity contribution in [2.75, 3.05) is 0 Å². The van der Waals surface area contributed by atoms with Crippen LogP contribution in [0, 0.1) is 0 Å². The van der Waals surface area contributed by atoms with Gasteiger partial charge in [-0.1, -0.05) is 62.3 Å². The summed E-state index contributed by atoms with van der Waals surface area (Å²) in [5, 5.41) is 12.7. The van der Waals surface area contributed by atoms with Crippen molar-refractivity contribution in [3.8, 4) is 34.5 Å². The molecule has 3 aliphatic rings. The van der Waals surface area contributed by atoms with Gasteiger partial charge in [-0.3, -0.25) is 0 Å². The summed E-state index contributed by atoms with van der Waals surface area (Å²) in [7, 11) is 0. The van der Waals surface area contributed by atoms with Crippen molar-refractivity contribution in [1.29, 1.82) is 0 Å². The molecule has 0 saturated carbocycles. The minimum absolute atomic E-state index is 0.117. The zero-order valence-corrected chi connectivity index (χ0v) is 22.1. The summed E-state index contributed by atoms with van der Waals surface area (Å²) in [6.45, 7) is 19.5. The fourth-order valence-electron chi connectivity index (χ4n) is 5.35. The highest BCUT2D eigenvalue weighted by Crippen LogP contribution is 2.66. The lowest BCUT2D eigenvalue weighted by Gasteiger charge is -2.45. The van der Waals surface area contributed by atoms with Crippen molar-refractivity contribution in [1.82, 2.24) is 0 Å². The van der Waals surface area contributed by atoms with Crippen LogP contribution in [0.2, 0.25) is 0 Å². The molecule has 3 aliphatic heterocycles. The Morgan fingerprint density at radius 2 is 0.657 bits per heavy atom. The molecule has 0 unspecified atom stereocenters. The summed E-state index contributed by atoms with van der Waals surface area (Å²) in [4.78, 5) is 0. The van der Waals surface area contributed by atoms with Crippen LogP contribution in [0.15, 0.2) is 36.4 Å². The zero-order chi connectivity index (χ0) is 25.3. The zero-order valence-electron chi connectivity index (χ0n) is 22.1. The Kier molecular flexibility index (Phi) is 4.12. The van der Waals surface area contributed by atoms with Crippen LogP contribution in [0.5, 0.6) is 34.5 Å². The summed E-state index contributed by atoms with van der Waals surface area (Å²) in [6.07, 6.45) is 0. The molecule has 0 fully saturated rings. The Balaban J connectivity index is 1.74. The Morgan fingerprint density at radius 1 is 0.457 bits per heavy atom. The van der Waals surface area contributed by atoms with E-state index in [-0.39, 0.29) is 16.2 Å². The van der Waals surface area contributed by atoms with Gasteiger partial charge in [0.15, 0.2) is 5.60 Å². The lowest BCUT2D eigenvalue weighted by atomic mass is 9.71. The van der Waals surface area contributed by atoms with Gasteiger partial charge in [-0.25, -0.2) is 0 Å². The number of ether oxygens (including phenoxy) is 3. The van der Waals surface area contributed by atoms with E-state index in [9.17, 15) is 5.11 Å². The van der Waals surface area contributed by atoms with Gasteiger partial charge < -0.3 is 19.3 Å². The van der Waals surface area contributed by atoms with E-state index in [4.69, 9.17) is 14.2 Å². The second-order valence-electron chi connectivity index (χ2n) is 13.3. The molecule has 3 aromatic rings. The van der Waals surface area contributed by atoms with Gasteiger partial charge in [0.2, 0.25) is 0 Å². The Bertz CT molecular complexity index is 1180. The van der Waals surface area contributed by atoms with E-state index < -0.39 is 5.60 Å². The molecule has 0 aromatic heterocycles. The molecule has 1 N–H and O–H groups in total. The van der Waals surface area contributed by atoms with Crippen LogP contribution in [-0.2, 0) is 21.8 Å². The van der Waals surface area contributed by atoms with E-state index in [1.165, 1.54) is 0 Å². The summed E-state index contributed by atoms with van der Waals surface area (Å²) < 4.78 is 19.6. The van der Waals surface area contributed by atoms with Crippen LogP contribution in [0.25, 0.3) is 0 Å². The predicted molar refractivity (Wildman–Crippen MR) is 138 cm³/mol. The maximum Gasteiger partial charge on any atom is 0.162 e. The van der Waals surface area contributed by atoms with Crippen LogP contribution >= 0.6 is 0 Å². The van der Waals surface area contributed by atoms with Gasteiger partial charge in [0.25, 0.3) is 0 Å². The van der Waals surface area contributed by atoms with Gasteiger partial charge in [-0.2, -0.15) is 0 Å². The van der Waals surface area contributed by atoms with Crippen molar-refractivity contribution in [3.05, 3.63) is 69.8 Å². The largest absolute Gasteiger partial charge is 0.456 e. The maximum atomic E-state index is 12.7. The highest BCUT2D eigenvalue weighted by molar-refractivity contribution is 5.78. The molecule has 0 amide bonds. The standard InChI is InChI=1S/C31H34O4/c1-28(2,3)16-10-19-25-20(11-16)34-22-13-18(30(7,8)9)15-24-27(22)31(25,32)26-21(33-19)12-17(29(4,5)6)14-23(26)35-24/h10-15,32H,1-9H3. The van der Waals surface area contributed by atoms with Gasteiger partial charge in [-0.05, 0) is 69.3 Å². The molecule has 0 radical (unpaired) electrons. The summed E-state index contributed by atoms with van der Waals surface area (Å²) in [5.74, 6) is 3.82. The average molecular weight is 471 g/mol. The second-order valence-corrected chi connectivity index (χ2v) is 13.3. The van der Waals surface area contributed by atoms with Crippen LogP contribution in [0.3, 0.4) is 0 Å². The highest BCUT2D eigenvalue weighted by Gasteiger charge is 2.55. The fourth-order valence-corrected chi connectivity index (χ4v) is 5.35. The molecule has 0 bridgehead atoms. The molecule has 0 spiro atoms. The lowest BCUT2D eigenvalue weighted by Crippen LogP contribution is -2.39. The molecular weight excluding hydrogens is 436 g/mol. The minimum atomic E-state index is -1.42. The Morgan fingerprint density at radius 3 is 0.829 bits per heavy atom. The molecular formula is C31H34O4. The van der Waals surface area contributed by atoms with E-state index in [2.05, 4.69) is 98.7 Å². The third-order valence-electron chi connectivity index (χ3n) is 7.54. The topological polar surface area (TPSA) is 47.9 Å². The number of aliphatic hydroxyl groups is 1. The summed E-state index contributed by atoms with van der Waals surface area (Å²) in [6, 6.07) is 12.3. The van der Waals surface area contributed by atoms with Crippen molar-refractivity contribution >= 4 is 0 Å². The maximum absolute atomic E-state index is 12.7. The molecule has 4 nitrogen and oxygen atoms in total. The third-order valence-corrected chi connectivity index (χ3v) is 7.54. The van der Waals surface area contributed by atoms with E-state index in [0.717, 1.165) is 16.7 Å². The second kappa shape index (κ2) is 6.41. The van der Waals surface area contributed by atoms with E-state index >= 15 is 0 Å². The third kappa shape index (κ3) is 3.02. The van der Waals surface area contributed by atoms with Gasteiger partial charge in [0, 0.05) is 0 Å². The molecule has 0 atom stereocenters. The SMILES string of the molecule is CC(C)(C)c1cc2c3c(c1)Oc1cc(C(C)(C)C)cc4c1C3(O)c1c(cc(C(C)(C)C)cc1O4)O2. The molecule has 3 heterocycles. The normalized spacial score (nSPS) is 16.6. The molecule has 4 heteroatoms. The highest BCUT2D eigenvalue weighted by atomic mass is 16.5. The molecule has 3 aromatic carbocycles. The van der Waals surface area contributed by atoms with E-state index in [1.807, 2.05) is 0 Å². The van der Waals surface area contributed by atoms with Crippen molar-refractivity contribution < 1.29 is 19.3 Å². The first kappa shape index (κ1) is 22.5. The van der Waals surface area contributed by atoms with Gasteiger partial charge in [0.05, 0.1) is 16.7 Å². The summed E-state index contributed by atoms with van der Waals surface area (Å²) in [5.41, 5.74) is 3.47. The van der Waals surface area contributed by atoms with Gasteiger partial charge in [0.1, 0.15) is 34.5 Å². The summed E-state index contributed by atoms with van der Waals surface area (Å²) >= 11 is 0. The average Bonchev–Trinajstić information content (AvgIpc) is 2.70. The molecule has 182 valence electrons. The Labute approximate surface area is 207 Å². The molecule has 0 saturated heterocycles. The van der Waals surface area contributed by atoms with Crippen LogP contribution in [-0.4, -0.2) is 5.11 Å².